The lowest BCUT2D eigenvalue weighted by Crippen LogP contribution is -2.34. The van der Waals surface area contributed by atoms with Crippen molar-refractivity contribution in [2.75, 3.05) is 16.8 Å². The molecule has 0 aliphatic carbocycles. The van der Waals surface area contributed by atoms with Gasteiger partial charge in [-0.25, -0.2) is 4.90 Å². The van der Waals surface area contributed by atoms with Gasteiger partial charge in [0.05, 0.1) is 11.3 Å². The largest absolute Gasteiger partial charge is 0.339 e. The van der Waals surface area contributed by atoms with Gasteiger partial charge >= 0.3 is 0 Å². The number of aryl methyl sites for hydroxylation is 4. The van der Waals surface area contributed by atoms with Gasteiger partial charge in [-0.1, -0.05) is 59.7 Å². The Morgan fingerprint density at radius 1 is 0.710 bits per heavy atom. The number of likely N-dealkylation sites (N-methyl/N-ethyl adjacent to an activating group) is 1. The molecule has 4 heteroatoms. The molecule has 0 bridgehead atoms. The van der Waals surface area contributed by atoms with Crippen LogP contribution in [0.4, 0.5) is 11.4 Å². The normalized spacial score (nSPS) is 13.9. The lowest BCUT2D eigenvalue weighted by molar-refractivity contribution is -0.120. The Morgan fingerprint density at radius 3 is 1.94 bits per heavy atom. The Balaban J connectivity index is 1.93. The molecule has 0 radical (unpaired) electrons. The van der Waals surface area contributed by atoms with Gasteiger partial charge < -0.3 is 4.90 Å². The average molecular weight is 411 g/mol. The maximum Gasteiger partial charge on any atom is 0.282 e. The molecule has 156 valence electrons. The summed E-state index contributed by atoms with van der Waals surface area (Å²) in [4.78, 5) is 30.6. The SMILES string of the molecule is Cc1ccc(C2=C(N(C)c3ccccc3)C(=O)N(c3ccc(C)cc3C)C2=O)c(C)c1. The molecule has 1 heterocycles. The zero-order chi connectivity index (χ0) is 22.3. The molecule has 0 spiro atoms. The number of rotatable bonds is 4. The minimum Gasteiger partial charge on any atom is -0.339 e. The summed E-state index contributed by atoms with van der Waals surface area (Å²) in [5, 5.41) is 0. The maximum absolute atomic E-state index is 13.8. The lowest BCUT2D eigenvalue weighted by Gasteiger charge is -2.22. The number of nitrogens with zero attached hydrogens (tertiary/aromatic N) is 2. The molecule has 3 aromatic carbocycles. The summed E-state index contributed by atoms with van der Waals surface area (Å²) < 4.78 is 0. The second-order valence-electron chi connectivity index (χ2n) is 8.17. The van der Waals surface area contributed by atoms with E-state index in [0.717, 1.165) is 33.5 Å². The molecule has 0 saturated heterocycles. The standard InChI is InChI=1S/C27H26N2O2/c1-17-11-13-22(19(3)15-17)24-25(28(5)21-9-7-6-8-10-21)27(31)29(26(24)30)23-14-12-18(2)16-20(23)4/h6-16H,1-5H3. The van der Waals surface area contributed by atoms with Gasteiger partial charge in [-0.15, -0.1) is 0 Å². The van der Waals surface area contributed by atoms with Gasteiger partial charge in [-0.3, -0.25) is 9.59 Å². The maximum atomic E-state index is 13.8. The first kappa shape index (κ1) is 20.6. The van der Waals surface area contributed by atoms with Crippen LogP contribution in [0.25, 0.3) is 5.57 Å². The van der Waals surface area contributed by atoms with Crippen molar-refractivity contribution in [3.63, 3.8) is 0 Å². The molecule has 0 fully saturated rings. The molecule has 4 nitrogen and oxygen atoms in total. The second-order valence-corrected chi connectivity index (χ2v) is 8.17. The van der Waals surface area contributed by atoms with E-state index in [9.17, 15) is 9.59 Å². The topological polar surface area (TPSA) is 40.6 Å². The summed E-state index contributed by atoms with van der Waals surface area (Å²) in [6.07, 6.45) is 0. The minimum atomic E-state index is -0.307. The van der Waals surface area contributed by atoms with Crippen molar-refractivity contribution in [1.29, 1.82) is 0 Å². The van der Waals surface area contributed by atoms with Crippen LogP contribution in [0.1, 0.15) is 27.8 Å². The Morgan fingerprint density at radius 2 is 1.32 bits per heavy atom. The summed E-state index contributed by atoms with van der Waals surface area (Å²) in [6.45, 7) is 7.93. The van der Waals surface area contributed by atoms with Crippen LogP contribution in [0.15, 0.2) is 72.4 Å². The van der Waals surface area contributed by atoms with E-state index in [2.05, 4.69) is 0 Å². The number of carbonyl (C=O) groups excluding carboxylic acids is 2. The number of para-hydroxylation sites is 1. The molecule has 0 saturated carbocycles. The highest BCUT2D eigenvalue weighted by Crippen LogP contribution is 2.38. The first-order chi connectivity index (χ1) is 14.8. The van der Waals surface area contributed by atoms with Crippen molar-refractivity contribution in [2.24, 2.45) is 0 Å². The third kappa shape index (κ3) is 3.55. The fourth-order valence-corrected chi connectivity index (χ4v) is 4.22. The summed E-state index contributed by atoms with van der Waals surface area (Å²) in [7, 11) is 1.84. The van der Waals surface area contributed by atoms with Crippen molar-refractivity contribution in [3.05, 3.63) is 100 Å². The predicted octanol–water partition coefficient (Wildman–Crippen LogP) is 5.34. The zero-order valence-electron chi connectivity index (χ0n) is 18.6. The summed E-state index contributed by atoms with van der Waals surface area (Å²) in [5.41, 5.74) is 7.16. The Bertz CT molecular complexity index is 1230. The summed E-state index contributed by atoms with van der Waals surface area (Å²) in [5.74, 6) is -0.597. The third-order valence-electron chi connectivity index (χ3n) is 5.78. The van der Waals surface area contributed by atoms with Gasteiger partial charge in [-0.2, -0.15) is 0 Å². The number of hydrogen-bond donors (Lipinski definition) is 0. The molecule has 1 aliphatic heterocycles. The quantitative estimate of drug-likeness (QED) is 0.545. The molecule has 0 N–H and O–H groups in total. The third-order valence-corrected chi connectivity index (χ3v) is 5.78. The van der Waals surface area contributed by atoms with Crippen LogP contribution in [-0.4, -0.2) is 18.9 Å². The van der Waals surface area contributed by atoms with Crippen molar-refractivity contribution in [3.8, 4) is 0 Å². The number of benzene rings is 3. The van der Waals surface area contributed by atoms with Crippen molar-refractivity contribution in [1.82, 2.24) is 0 Å². The van der Waals surface area contributed by atoms with Gasteiger partial charge in [-0.05, 0) is 62.6 Å². The van der Waals surface area contributed by atoms with Crippen molar-refractivity contribution < 1.29 is 9.59 Å². The Kier molecular flexibility index (Phi) is 5.24. The van der Waals surface area contributed by atoms with E-state index in [0.29, 0.717) is 17.0 Å². The molecule has 1 aliphatic rings. The fourth-order valence-electron chi connectivity index (χ4n) is 4.22. The van der Waals surface area contributed by atoms with Crippen molar-refractivity contribution >= 4 is 28.8 Å². The van der Waals surface area contributed by atoms with Crippen LogP contribution in [0, 0.1) is 27.7 Å². The first-order valence-electron chi connectivity index (χ1n) is 10.4. The molecule has 0 aromatic heterocycles. The summed E-state index contributed by atoms with van der Waals surface area (Å²) in [6, 6.07) is 21.4. The molecule has 0 atom stereocenters. The average Bonchev–Trinajstić information content (AvgIpc) is 2.99. The fraction of sp³-hybridized carbons (Fsp3) is 0.185. The molecular weight excluding hydrogens is 384 g/mol. The summed E-state index contributed by atoms with van der Waals surface area (Å²) >= 11 is 0. The van der Waals surface area contributed by atoms with Gasteiger partial charge in [0.15, 0.2) is 0 Å². The molecule has 3 aromatic rings. The number of anilines is 2. The van der Waals surface area contributed by atoms with Crippen LogP contribution in [0.3, 0.4) is 0 Å². The zero-order valence-corrected chi connectivity index (χ0v) is 18.6. The number of imide groups is 1. The smallest absolute Gasteiger partial charge is 0.282 e. The van der Waals surface area contributed by atoms with Crippen LogP contribution in [0.2, 0.25) is 0 Å². The number of amides is 2. The lowest BCUT2D eigenvalue weighted by atomic mass is 9.97. The van der Waals surface area contributed by atoms with E-state index in [1.165, 1.54) is 4.90 Å². The van der Waals surface area contributed by atoms with E-state index in [4.69, 9.17) is 0 Å². The molecular formula is C27H26N2O2. The monoisotopic (exact) mass is 410 g/mol. The van der Waals surface area contributed by atoms with Crippen LogP contribution in [0.5, 0.6) is 0 Å². The van der Waals surface area contributed by atoms with Gasteiger partial charge in [0, 0.05) is 12.7 Å². The molecule has 2 amide bonds. The van der Waals surface area contributed by atoms with E-state index < -0.39 is 0 Å². The highest BCUT2D eigenvalue weighted by molar-refractivity contribution is 6.46. The highest BCUT2D eigenvalue weighted by atomic mass is 16.2. The van der Waals surface area contributed by atoms with Crippen LogP contribution < -0.4 is 9.80 Å². The molecule has 0 unspecified atom stereocenters. The number of carbonyl (C=O) groups is 2. The second kappa shape index (κ2) is 7.88. The van der Waals surface area contributed by atoms with E-state index in [1.807, 2.05) is 106 Å². The highest BCUT2D eigenvalue weighted by Gasteiger charge is 2.42. The molecule has 4 rings (SSSR count). The van der Waals surface area contributed by atoms with E-state index >= 15 is 0 Å². The van der Waals surface area contributed by atoms with Crippen LogP contribution in [-0.2, 0) is 9.59 Å². The van der Waals surface area contributed by atoms with Gasteiger partial charge in [0.1, 0.15) is 5.70 Å². The molecule has 31 heavy (non-hydrogen) atoms. The minimum absolute atomic E-state index is 0.290. The van der Waals surface area contributed by atoms with Gasteiger partial charge in [0.25, 0.3) is 11.8 Å². The first-order valence-corrected chi connectivity index (χ1v) is 10.4. The van der Waals surface area contributed by atoms with E-state index in [1.54, 1.807) is 0 Å². The van der Waals surface area contributed by atoms with E-state index in [-0.39, 0.29) is 11.8 Å². The van der Waals surface area contributed by atoms with Crippen LogP contribution >= 0.6 is 0 Å². The Labute approximate surface area is 183 Å². The van der Waals surface area contributed by atoms with Crippen molar-refractivity contribution in [2.45, 2.75) is 27.7 Å². The van der Waals surface area contributed by atoms with Gasteiger partial charge in [0.2, 0.25) is 0 Å². The predicted molar refractivity (Wildman–Crippen MR) is 126 cm³/mol. The number of hydrogen-bond acceptors (Lipinski definition) is 3. The Hall–Kier alpha value is -3.66.